The summed E-state index contributed by atoms with van der Waals surface area (Å²) in [6, 6.07) is 4.79. The summed E-state index contributed by atoms with van der Waals surface area (Å²) in [5, 5.41) is 0.477. The van der Waals surface area contributed by atoms with Crippen LogP contribution in [0.25, 0.3) is 10.9 Å². The van der Waals surface area contributed by atoms with Gasteiger partial charge in [-0.2, -0.15) is 0 Å². The molecule has 0 bridgehead atoms. The first-order chi connectivity index (χ1) is 6.72. The van der Waals surface area contributed by atoms with E-state index < -0.39 is 0 Å². The average Bonchev–Trinajstić information content (AvgIpc) is 2.17. The van der Waals surface area contributed by atoms with Crippen molar-refractivity contribution < 1.29 is 4.39 Å². The molecule has 1 heterocycles. The number of halogens is 1. The summed E-state index contributed by atoms with van der Waals surface area (Å²) in [6.45, 7) is 2.03. The SMILES string of the molecule is Cc1nc(CN)nc2cccc(F)c12. The summed E-state index contributed by atoms with van der Waals surface area (Å²) in [4.78, 5) is 8.24. The zero-order chi connectivity index (χ0) is 10.1. The fraction of sp³-hybridized carbons (Fsp3) is 0.200. The topological polar surface area (TPSA) is 51.8 Å². The zero-order valence-electron chi connectivity index (χ0n) is 7.79. The van der Waals surface area contributed by atoms with Crippen LogP contribution >= 0.6 is 0 Å². The molecule has 0 spiro atoms. The van der Waals surface area contributed by atoms with Crippen molar-refractivity contribution in [2.75, 3.05) is 0 Å². The van der Waals surface area contributed by atoms with Crippen LogP contribution in [0.15, 0.2) is 18.2 Å². The van der Waals surface area contributed by atoms with Gasteiger partial charge in [0.15, 0.2) is 0 Å². The van der Waals surface area contributed by atoms with Crippen molar-refractivity contribution in [2.24, 2.45) is 5.73 Å². The molecule has 2 aromatic rings. The highest BCUT2D eigenvalue weighted by Gasteiger charge is 2.07. The monoisotopic (exact) mass is 191 g/mol. The molecule has 0 aliphatic carbocycles. The Morgan fingerprint density at radius 3 is 2.86 bits per heavy atom. The summed E-state index contributed by atoms with van der Waals surface area (Å²) >= 11 is 0. The van der Waals surface area contributed by atoms with Crippen LogP contribution in [-0.2, 0) is 6.54 Å². The Balaban J connectivity index is 2.83. The van der Waals surface area contributed by atoms with Crippen molar-refractivity contribution in [1.29, 1.82) is 0 Å². The normalized spacial score (nSPS) is 10.8. The third-order valence-electron chi connectivity index (χ3n) is 2.08. The molecule has 14 heavy (non-hydrogen) atoms. The lowest BCUT2D eigenvalue weighted by Crippen LogP contribution is -2.05. The van der Waals surface area contributed by atoms with Gasteiger partial charge < -0.3 is 5.73 Å². The van der Waals surface area contributed by atoms with Crippen molar-refractivity contribution in [1.82, 2.24) is 9.97 Å². The van der Waals surface area contributed by atoms with E-state index in [4.69, 9.17) is 5.73 Å². The molecule has 0 unspecified atom stereocenters. The molecule has 0 aliphatic rings. The van der Waals surface area contributed by atoms with Gasteiger partial charge in [0.25, 0.3) is 0 Å². The van der Waals surface area contributed by atoms with E-state index in [1.165, 1.54) is 6.07 Å². The second-order valence-corrected chi connectivity index (χ2v) is 3.06. The molecule has 1 aromatic carbocycles. The maximum Gasteiger partial charge on any atom is 0.142 e. The number of hydrogen-bond donors (Lipinski definition) is 1. The summed E-state index contributed by atoms with van der Waals surface area (Å²) in [7, 11) is 0. The van der Waals surface area contributed by atoms with Crippen LogP contribution in [-0.4, -0.2) is 9.97 Å². The highest BCUT2D eigenvalue weighted by Crippen LogP contribution is 2.18. The molecular weight excluding hydrogens is 181 g/mol. The standard InChI is InChI=1S/C10H10FN3/c1-6-10-7(11)3-2-4-8(10)14-9(5-12)13-6/h2-4H,5,12H2,1H3. The average molecular weight is 191 g/mol. The second-order valence-electron chi connectivity index (χ2n) is 3.06. The minimum atomic E-state index is -0.288. The Morgan fingerprint density at radius 1 is 1.36 bits per heavy atom. The van der Waals surface area contributed by atoms with Gasteiger partial charge in [0.2, 0.25) is 0 Å². The number of rotatable bonds is 1. The number of aromatic nitrogens is 2. The fourth-order valence-electron chi connectivity index (χ4n) is 1.47. The molecule has 0 atom stereocenters. The summed E-state index contributed by atoms with van der Waals surface area (Å²) in [5.74, 6) is 0.254. The van der Waals surface area contributed by atoms with Crippen LogP contribution in [0.2, 0.25) is 0 Å². The third-order valence-corrected chi connectivity index (χ3v) is 2.08. The number of nitrogens with two attached hydrogens (primary N) is 1. The number of hydrogen-bond acceptors (Lipinski definition) is 3. The van der Waals surface area contributed by atoms with E-state index >= 15 is 0 Å². The van der Waals surface area contributed by atoms with E-state index in [0.717, 1.165) is 0 Å². The van der Waals surface area contributed by atoms with Gasteiger partial charge >= 0.3 is 0 Å². The van der Waals surface area contributed by atoms with E-state index in [1.54, 1.807) is 19.1 Å². The number of fused-ring (bicyclic) bond motifs is 1. The third kappa shape index (κ3) is 1.33. The Hall–Kier alpha value is -1.55. The smallest absolute Gasteiger partial charge is 0.142 e. The maximum atomic E-state index is 13.4. The summed E-state index contributed by atoms with van der Waals surface area (Å²) < 4.78 is 13.4. The van der Waals surface area contributed by atoms with Crippen LogP contribution < -0.4 is 5.73 Å². The van der Waals surface area contributed by atoms with Crippen LogP contribution in [0.5, 0.6) is 0 Å². The predicted octanol–water partition coefficient (Wildman–Crippen LogP) is 1.54. The number of benzene rings is 1. The first-order valence-electron chi connectivity index (χ1n) is 4.34. The lowest BCUT2D eigenvalue weighted by Gasteiger charge is -2.04. The van der Waals surface area contributed by atoms with Crippen LogP contribution in [0.4, 0.5) is 4.39 Å². The fourth-order valence-corrected chi connectivity index (χ4v) is 1.47. The Kier molecular flexibility index (Phi) is 2.13. The molecule has 0 fully saturated rings. The van der Waals surface area contributed by atoms with E-state index in [-0.39, 0.29) is 12.4 Å². The predicted molar refractivity (Wildman–Crippen MR) is 52.1 cm³/mol. The molecule has 1 aromatic heterocycles. The van der Waals surface area contributed by atoms with Crippen molar-refractivity contribution in [3.63, 3.8) is 0 Å². The van der Waals surface area contributed by atoms with Crippen LogP contribution in [0.3, 0.4) is 0 Å². The number of aryl methyl sites for hydroxylation is 1. The van der Waals surface area contributed by atoms with Crippen LogP contribution in [0, 0.1) is 12.7 Å². The van der Waals surface area contributed by atoms with E-state index in [0.29, 0.717) is 22.4 Å². The van der Waals surface area contributed by atoms with Gasteiger partial charge in [-0.15, -0.1) is 0 Å². The summed E-state index contributed by atoms with van der Waals surface area (Å²) in [6.07, 6.45) is 0. The first kappa shape index (κ1) is 9.02. The van der Waals surface area contributed by atoms with Gasteiger partial charge in [0.1, 0.15) is 11.6 Å². The molecule has 0 aliphatic heterocycles. The molecule has 0 saturated carbocycles. The van der Waals surface area contributed by atoms with E-state index in [2.05, 4.69) is 9.97 Å². The lowest BCUT2D eigenvalue weighted by atomic mass is 10.2. The summed E-state index contributed by atoms with van der Waals surface area (Å²) in [5.41, 5.74) is 6.67. The van der Waals surface area contributed by atoms with Crippen molar-refractivity contribution in [3.05, 3.63) is 35.5 Å². The van der Waals surface area contributed by atoms with Crippen molar-refractivity contribution in [3.8, 4) is 0 Å². The molecular formula is C10H10FN3. The van der Waals surface area contributed by atoms with Crippen molar-refractivity contribution >= 4 is 10.9 Å². The Labute approximate surface area is 80.8 Å². The quantitative estimate of drug-likeness (QED) is 0.743. The van der Waals surface area contributed by atoms with Crippen molar-refractivity contribution in [2.45, 2.75) is 13.5 Å². The highest BCUT2D eigenvalue weighted by molar-refractivity contribution is 5.81. The van der Waals surface area contributed by atoms with E-state index in [1.807, 2.05) is 0 Å². The Morgan fingerprint density at radius 2 is 2.14 bits per heavy atom. The molecule has 0 saturated heterocycles. The molecule has 0 amide bonds. The second kappa shape index (κ2) is 3.31. The molecule has 2 rings (SSSR count). The van der Waals surface area contributed by atoms with Gasteiger partial charge in [-0.1, -0.05) is 6.07 Å². The molecule has 72 valence electrons. The lowest BCUT2D eigenvalue weighted by molar-refractivity contribution is 0.638. The largest absolute Gasteiger partial charge is 0.324 e. The van der Waals surface area contributed by atoms with Gasteiger partial charge in [-0.3, -0.25) is 0 Å². The maximum absolute atomic E-state index is 13.4. The zero-order valence-corrected chi connectivity index (χ0v) is 7.79. The number of nitrogens with zero attached hydrogens (tertiary/aromatic N) is 2. The Bertz CT molecular complexity index is 482. The molecule has 2 N–H and O–H groups in total. The van der Waals surface area contributed by atoms with Crippen LogP contribution in [0.1, 0.15) is 11.5 Å². The van der Waals surface area contributed by atoms with Gasteiger partial charge in [0, 0.05) is 0 Å². The first-order valence-corrected chi connectivity index (χ1v) is 4.34. The highest BCUT2D eigenvalue weighted by atomic mass is 19.1. The van der Waals surface area contributed by atoms with Gasteiger partial charge in [0.05, 0.1) is 23.1 Å². The van der Waals surface area contributed by atoms with Gasteiger partial charge in [-0.25, -0.2) is 14.4 Å². The molecule has 0 radical (unpaired) electrons. The minimum Gasteiger partial charge on any atom is -0.324 e. The van der Waals surface area contributed by atoms with Gasteiger partial charge in [-0.05, 0) is 19.1 Å². The molecule has 4 heteroatoms. The van der Waals surface area contributed by atoms with E-state index in [9.17, 15) is 4.39 Å². The minimum absolute atomic E-state index is 0.271. The molecule has 3 nitrogen and oxygen atoms in total.